The van der Waals surface area contributed by atoms with Crippen LogP contribution in [0.15, 0.2) is 0 Å². The van der Waals surface area contributed by atoms with E-state index in [1.165, 1.54) is 58.5 Å². The van der Waals surface area contributed by atoms with E-state index in [1.54, 1.807) is 0 Å². The summed E-state index contributed by atoms with van der Waals surface area (Å²) in [6.45, 7) is 6.80. The number of unbranched alkanes of at least 4 members (excludes halogenated alkanes) is 7. The molecule has 0 bridgehead atoms. The minimum absolute atomic E-state index is 0.0941. The minimum atomic E-state index is -0.0941. The maximum absolute atomic E-state index is 11.1. The molecule has 0 aliphatic carbocycles. The zero-order valence-corrected chi connectivity index (χ0v) is 18.9. The van der Waals surface area contributed by atoms with E-state index in [4.69, 9.17) is 16.3 Å². The third kappa shape index (κ3) is 10.2. The number of ether oxygens (including phenoxy) is 2. The Morgan fingerprint density at radius 3 is 2.33 bits per heavy atom. The standard InChI is InChI=1S/C23H43ClO3/c1-5-6-7-11-14-19-17-21(24)20(23(27-19)18(2)3)15-12-9-8-10-13-16-22(25)26-4/h18-21,23H,5-17H2,1-4H3/t19-,20+,21+,23+/m1/s1. The van der Waals surface area contributed by atoms with Crippen molar-refractivity contribution in [2.24, 2.45) is 11.8 Å². The molecule has 1 rings (SSSR count). The molecule has 1 aliphatic heterocycles. The lowest BCUT2D eigenvalue weighted by atomic mass is 9.81. The monoisotopic (exact) mass is 402 g/mol. The Kier molecular flexibility index (Phi) is 13.5. The second-order valence-electron chi connectivity index (χ2n) is 8.61. The van der Waals surface area contributed by atoms with Crippen molar-refractivity contribution in [3.8, 4) is 0 Å². The predicted molar refractivity (Wildman–Crippen MR) is 114 cm³/mol. The molecule has 4 heteroatoms. The topological polar surface area (TPSA) is 35.5 Å². The molecule has 0 spiro atoms. The van der Waals surface area contributed by atoms with Crippen LogP contribution in [0.5, 0.6) is 0 Å². The maximum Gasteiger partial charge on any atom is 0.305 e. The molecule has 4 atom stereocenters. The fourth-order valence-corrected chi connectivity index (χ4v) is 4.74. The Labute approximate surface area is 172 Å². The van der Waals surface area contributed by atoms with Crippen molar-refractivity contribution in [3.05, 3.63) is 0 Å². The molecule has 1 saturated heterocycles. The molecule has 1 fully saturated rings. The SMILES string of the molecule is CCCCCC[C@@H]1C[C@H](Cl)[C@H](CCCCCCCC(=O)OC)[C@H](C(C)C)O1. The summed E-state index contributed by atoms with van der Waals surface area (Å²) < 4.78 is 11.2. The molecule has 1 heterocycles. The number of methoxy groups -OCH3 is 1. The van der Waals surface area contributed by atoms with Gasteiger partial charge in [-0.2, -0.15) is 0 Å². The second kappa shape index (κ2) is 14.7. The van der Waals surface area contributed by atoms with Gasteiger partial charge in [0.25, 0.3) is 0 Å². The van der Waals surface area contributed by atoms with Gasteiger partial charge >= 0.3 is 5.97 Å². The number of hydrogen-bond donors (Lipinski definition) is 0. The molecule has 27 heavy (non-hydrogen) atoms. The summed E-state index contributed by atoms with van der Waals surface area (Å²) in [5.41, 5.74) is 0. The van der Waals surface area contributed by atoms with Crippen LogP contribution in [0, 0.1) is 11.8 Å². The van der Waals surface area contributed by atoms with E-state index < -0.39 is 0 Å². The summed E-state index contributed by atoms with van der Waals surface area (Å²) >= 11 is 6.84. The summed E-state index contributed by atoms with van der Waals surface area (Å²) in [6, 6.07) is 0. The Morgan fingerprint density at radius 2 is 1.67 bits per heavy atom. The van der Waals surface area contributed by atoms with Gasteiger partial charge in [0, 0.05) is 17.7 Å². The van der Waals surface area contributed by atoms with Gasteiger partial charge in [-0.05, 0) is 31.6 Å². The van der Waals surface area contributed by atoms with Crippen molar-refractivity contribution in [3.63, 3.8) is 0 Å². The lowest BCUT2D eigenvalue weighted by Gasteiger charge is -2.42. The molecule has 0 saturated carbocycles. The average Bonchev–Trinajstić information content (AvgIpc) is 2.65. The lowest BCUT2D eigenvalue weighted by Crippen LogP contribution is -2.44. The minimum Gasteiger partial charge on any atom is -0.469 e. The third-order valence-corrected chi connectivity index (χ3v) is 6.41. The first kappa shape index (κ1) is 24.8. The normalized spacial score (nSPS) is 25.7. The predicted octanol–water partition coefficient (Wildman–Crippen LogP) is 6.90. The molecule has 160 valence electrons. The highest BCUT2D eigenvalue weighted by Gasteiger charge is 2.38. The van der Waals surface area contributed by atoms with Crippen LogP contribution in [0.3, 0.4) is 0 Å². The zero-order valence-electron chi connectivity index (χ0n) is 18.2. The third-order valence-electron chi connectivity index (χ3n) is 5.91. The molecule has 3 nitrogen and oxygen atoms in total. The number of carbonyl (C=O) groups excluding carboxylic acids is 1. The van der Waals surface area contributed by atoms with Crippen molar-refractivity contribution in [1.29, 1.82) is 0 Å². The number of carbonyl (C=O) groups is 1. The fourth-order valence-electron chi connectivity index (χ4n) is 4.27. The molecule has 0 aromatic heterocycles. The van der Waals surface area contributed by atoms with Gasteiger partial charge in [0.1, 0.15) is 0 Å². The highest BCUT2D eigenvalue weighted by molar-refractivity contribution is 6.20. The summed E-state index contributed by atoms with van der Waals surface area (Å²) in [7, 11) is 1.46. The van der Waals surface area contributed by atoms with Crippen LogP contribution in [0.1, 0.15) is 104 Å². The van der Waals surface area contributed by atoms with Crippen LogP contribution < -0.4 is 0 Å². The molecular formula is C23H43ClO3. The van der Waals surface area contributed by atoms with E-state index in [0.29, 0.717) is 30.5 Å². The molecule has 0 unspecified atom stereocenters. The summed E-state index contributed by atoms with van der Waals surface area (Å²) in [6.07, 6.45) is 15.4. The number of alkyl halides is 1. The van der Waals surface area contributed by atoms with Crippen molar-refractivity contribution < 1.29 is 14.3 Å². The fraction of sp³-hybridized carbons (Fsp3) is 0.957. The molecular weight excluding hydrogens is 360 g/mol. The first-order chi connectivity index (χ1) is 13.0. The number of halogens is 1. The van der Waals surface area contributed by atoms with Crippen LogP contribution in [-0.2, 0) is 14.3 Å². The lowest BCUT2D eigenvalue weighted by molar-refractivity contribution is -0.140. The maximum atomic E-state index is 11.1. The van der Waals surface area contributed by atoms with E-state index in [0.717, 1.165) is 25.7 Å². The van der Waals surface area contributed by atoms with Crippen LogP contribution in [0.4, 0.5) is 0 Å². The molecule has 0 amide bonds. The molecule has 0 N–H and O–H groups in total. The van der Waals surface area contributed by atoms with Gasteiger partial charge in [-0.15, -0.1) is 11.6 Å². The zero-order chi connectivity index (χ0) is 20.1. The highest BCUT2D eigenvalue weighted by Crippen LogP contribution is 2.38. The van der Waals surface area contributed by atoms with Crippen molar-refractivity contribution in [2.75, 3.05) is 7.11 Å². The highest BCUT2D eigenvalue weighted by atomic mass is 35.5. The first-order valence-electron chi connectivity index (χ1n) is 11.4. The average molecular weight is 403 g/mol. The molecule has 0 radical (unpaired) electrons. The smallest absolute Gasteiger partial charge is 0.305 e. The van der Waals surface area contributed by atoms with Crippen LogP contribution in [-0.4, -0.2) is 30.7 Å². The van der Waals surface area contributed by atoms with E-state index in [1.807, 2.05) is 0 Å². The van der Waals surface area contributed by atoms with Crippen LogP contribution in [0.25, 0.3) is 0 Å². The number of hydrogen-bond acceptors (Lipinski definition) is 3. The van der Waals surface area contributed by atoms with E-state index >= 15 is 0 Å². The first-order valence-corrected chi connectivity index (χ1v) is 11.8. The number of rotatable bonds is 14. The van der Waals surface area contributed by atoms with Gasteiger partial charge in [-0.1, -0.05) is 72.1 Å². The Hall–Kier alpha value is -0.280. The van der Waals surface area contributed by atoms with E-state index in [-0.39, 0.29) is 11.3 Å². The van der Waals surface area contributed by atoms with Gasteiger partial charge in [-0.3, -0.25) is 4.79 Å². The Bertz CT molecular complexity index is 386. The van der Waals surface area contributed by atoms with Gasteiger partial charge in [0.2, 0.25) is 0 Å². The van der Waals surface area contributed by atoms with Gasteiger partial charge in [-0.25, -0.2) is 0 Å². The van der Waals surface area contributed by atoms with Gasteiger partial charge in [0.15, 0.2) is 0 Å². The Morgan fingerprint density at radius 1 is 1.04 bits per heavy atom. The largest absolute Gasteiger partial charge is 0.469 e. The Balaban J connectivity index is 2.29. The van der Waals surface area contributed by atoms with Crippen molar-refractivity contribution in [1.82, 2.24) is 0 Å². The second-order valence-corrected chi connectivity index (χ2v) is 9.17. The van der Waals surface area contributed by atoms with E-state index in [9.17, 15) is 4.79 Å². The van der Waals surface area contributed by atoms with Gasteiger partial charge < -0.3 is 9.47 Å². The molecule has 0 aromatic rings. The van der Waals surface area contributed by atoms with Crippen molar-refractivity contribution >= 4 is 17.6 Å². The van der Waals surface area contributed by atoms with Crippen LogP contribution >= 0.6 is 11.6 Å². The number of esters is 1. The summed E-state index contributed by atoms with van der Waals surface area (Å²) in [5.74, 6) is 0.909. The molecule has 0 aromatic carbocycles. The van der Waals surface area contributed by atoms with E-state index in [2.05, 4.69) is 25.5 Å². The van der Waals surface area contributed by atoms with Crippen LogP contribution in [0.2, 0.25) is 0 Å². The summed E-state index contributed by atoms with van der Waals surface area (Å²) in [5, 5.41) is 0.252. The van der Waals surface area contributed by atoms with Crippen molar-refractivity contribution in [2.45, 2.75) is 122 Å². The summed E-state index contributed by atoms with van der Waals surface area (Å²) in [4.78, 5) is 11.1. The quantitative estimate of drug-likeness (QED) is 0.180. The van der Waals surface area contributed by atoms with Gasteiger partial charge in [0.05, 0.1) is 19.3 Å². The molecule has 1 aliphatic rings.